The van der Waals surface area contributed by atoms with Gasteiger partial charge in [0.05, 0.1) is 17.4 Å². The Morgan fingerprint density at radius 2 is 2.04 bits per heavy atom. The van der Waals surface area contributed by atoms with Gasteiger partial charge in [-0.25, -0.2) is 0 Å². The first kappa shape index (κ1) is 15.3. The minimum atomic E-state index is -0.241. The van der Waals surface area contributed by atoms with Gasteiger partial charge in [-0.15, -0.1) is 14.8 Å². The first-order valence-corrected chi connectivity index (χ1v) is 8.02. The number of aliphatic hydroxyl groups is 1. The number of hydrogen-bond donors (Lipinski definition) is 2. The molecule has 3 aromatic rings. The quantitative estimate of drug-likeness (QED) is 0.730. The fourth-order valence-electron chi connectivity index (χ4n) is 2.95. The zero-order chi connectivity index (χ0) is 17.2. The van der Waals surface area contributed by atoms with E-state index in [9.17, 15) is 10.4 Å². The van der Waals surface area contributed by atoms with Crippen LogP contribution in [0.15, 0.2) is 30.3 Å². The van der Waals surface area contributed by atoms with Gasteiger partial charge < -0.3 is 15.3 Å². The summed E-state index contributed by atoms with van der Waals surface area (Å²) in [6, 6.07) is 11.4. The van der Waals surface area contributed by atoms with Crippen molar-refractivity contribution >= 4 is 22.8 Å². The number of rotatable bonds is 3. The Balaban J connectivity index is 1.57. The number of piperidine rings is 1. The lowest BCUT2D eigenvalue weighted by Gasteiger charge is -2.32. The molecule has 1 aromatic carbocycles. The average molecular weight is 336 g/mol. The number of nitrogens with one attached hydrogen (secondary N) is 1. The third-order valence-corrected chi connectivity index (χ3v) is 4.26. The number of nitrogens with zero attached hydrogens (tertiary/aromatic N) is 7. The van der Waals surface area contributed by atoms with E-state index in [-0.39, 0.29) is 6.10 Å². The van der Waals surface area contributed by atoms with E-state index in [0.29, 0.717) is 17.0 Å². The lowest BCUT2D eigenvalue weighted by molar-refractivity contribution is 0.145. The minimum absolute atomic E-state index is 0.241. The summed E-state index contributed by atoms with van der Waals surface area (Å²) in [7, 11) is 0. The summed E-state index contributed by atoms with van der Waals surface area (Å²) in [5.41, 5.74) is 2.80. The number of tetrazole rings is 1. The molecule has 0 unspecified atom stereocenters. The molecule has 9 nitrogen and oxygen atoms in total. The maximum Gasteiger partial charge on any atom is 0.200 e. The summed E-state index contributed by atoms with van der Waals surface area (Å²) in [5, 5.41) is 37.7. The highest BCUT2D eigenvalue weighted by atomic mass is 16.3. The molecular formula is C16H16N8O. The van der Waals surface area contributed by atoms with Gasteiger partial charge in [-0.3, -0.25) is 0 Å². The standard InChI is InChI=1S/C16H16N8O/c17-10-11-9-12(1-2-14(11)23-7-5-13(25)6-8-23)18-15-3-4-16-19-21-22-24(16)20-15/h1-4,9,13,25H,5-8H2,(H,18,20). The van der Waals surface area contributed by atoms with Crippen molar-refractivity contribution in [1.82, 2.24) is 25.3 Å². The first-order chi connectivity index (χ1) is 12.2. The predicted octanol–water partition coefficient (Wildman–Crippen LogP) is 1.10. The van der Waals surface area contributed by atoms with E-state index in [0.717, 1.165) is 37.3 Å². The molecular weight excluding hydrogens is 320 g/mol. The van der Waals surface area contributed by atoms with Crippen molar-refractivity contribution < 1.29 is 5.11 Å². The second-order valence-electron chi connectivity index (χ2n) is 5.93. The SMILES string of the molecule is N#Cc1cc(Nc2ccc3nnnn3n2)ccc1N1CCC(O)CC1. The summed E-state index contributed by atoms with van der Waals surface area (Å²) in [5.74, 6) is 0.581. The van der Waals surface area contributed by atoms with Crippen molar-refractivity contribution in [3.63, 3.8) is 0 Å². The van der Waals surface area contributed by atoms with Crippen LogP contribution >= 0.6 is 0 Å². The molecule has 126 valence electrons. The van der Waals surface area contributed by atoms with Crippen molar-refractivity contribution in [1.29, 1.82) is 5.26 Å². The van der Waals surface area contributed by atoms with E-state index in [1.54, 1.807) is 18.2 Å². The number of aliphatic hydroxyl groups excluding tert-OH is 1. The van der Waals surface area contributed by atoms with Crippen molar-refractivity contribution in [3.8, 4) is 6.07 Å². The lowest BCUT2D eigenvalue weighted by Crippen LogP contribution is -2.36. The van der Waals surface area contributed by atoms with E-state index in [2.05, 4.69) is 36.9 Å². The molecule has 1 saturated heterocycles. The Kier molecular flexibility index (Phi) is 3.87. The zero-order valence-corrected chi connectivity index (χ0v) is 13.4. The molecule has 2 aromatic heterocycles. The molecule has 0 saturated carbocycles. The van der Waals surface area contributed by atoms with Crippen LogP contribution in [0.3, 0.4) is 0 Å². The fourth-order valence-corrected chi connectivity index (χ4v) is 2.95. The van der Waals surface area contributed by atoms with E-state index in [4.69, 9.17) is 0 Å². The smallest absolute Gasteiger partial charge is 0.200 e. The Labute approximate surface area is 143 Å². The topological polar surface area (TPSA) is 115 Å². The van der Waals surface area contributed by atoms with Gasteiger partial charge in [0.2, 0.25) is 0 Å². The van der Waals surface area contributed by atoms with Crippen molar-refractivity contribution in [2.24, 2.45) is 0 Å². The van der Waals surface area contributed by atoms with Crippen LogP contribution in [0.25, 0.3) is 5.65 Å². The van der Waals surface area contributed by atoms with Crippen LogP contribution in [-0.4, -0.2) is 49.6 Å². The fraction of sp³-hybridized carbons (Fsp3) is 0.312. The Hall–Kier alpha value is -3.25. The molecule has 4 rings (SSSR count). The third kappa shape index (κ3) is 3.07. The molecule has 0 amide bonds. The van der Waals surface area contributed by atoms with Gasteiger partial charge in [0.15, 0.2) is 11.5 Å². The number of benzene rings is 1. The van der Waals surface area contributed by atoms with Crippen molar-refractivity contribution in [2.75, 3.05) is 23.3 Å². The van der Waals surface area contributed by atoms with E-state index < -0.39 is 0 Å². The van der Waals surface area contributed by atoms with Gasteiger partial charge >= 0.3 is 0 Å². The predicted molar refractivity (Wildman–Crippen MR) is 90.5 cm³/mol. The number of fused-ring (bicyclic) bond motifs is 1. The molecule has 1 aliphatic rings. The molecule has 3 heterocycles. The van der Waals surface area contributed by atoms with Crippen LogP contribution in [0.5, 0.6) is 0 Å². The lowest BCUT2D eigenvalue weighted by atomic mass is 10.0. The molecule has 1 aliphatic heterocycles. The van der Waals surface area contributed by atoms with E-state index >= 15 is 0 Å². The number of aromatic nitrogens is 5. The summed E-state index contributed by atoms with van der Waals surface area (Å²) in [6.45, 7) is 1.50. The second kappa shape index (κ2) is 6.33. The Morgan fingerprint density at radius 1 is 1.20 bits per heavy atom. The molecule has 0 aliphatic carbocycles. The minimum Gasteiger partial charge on any atom is -0.393 e. The van der Waals surface area contributed by atoms with E-state index in [1.807, 2.05) is 12.1 Å². The van der Waals surface area contributed by atoms with Crippen molar-refractivity contribution in [3.05, 3.63) is 35.9 Å². The molecule has 1 fully saturated rings. The highest BCUT2D eigenvalue weighted by molar-refractivity contribution is 5.68. The van der Waals surface area contributed by atoms with Crippen LogP contribution in [-0.2, 0) is 0 Å². The Morgan fingerprint density at radius 3 is 2.84 bits per heavy atom. The first-order valence-electron chi connectivity index (χ1n) is 8.02. The molecule has 2 N–H and O–H groups in total. The molecule has 25 heavy (non-hydrogen) atoms. The second-order valence-corrected chi connectivity index (χ2v) is 5.93. The van der Waals surface area contributed by atoms with E-state index in [1.165, 1.54) is 4.63 Å². The van der Waals surface area contributed by atoms with Gasteiger partial charge in [-0.2, -0.15) is 5.26 Å². The molecule has 0 atom stereocenters. The number of hydrogen-bond acceptors (Lipinski definition) is 8. The summed E-state index contributed by atoms with van der Waals surface area (Å²) in [4.78, 5) is 2.14. The summed E-state index contributed by atoms with van der Waals surface area (Å²) >= 11 is 0. The van der Waals surface area contributed by atoms with Gasteiger partial charge in [-0.1, -0.05) is 0 Å². The highest BCUT2D eigenvalue weighted by Crippen LogP contribution is 2.27. The van der Waals surface area contributed by atoms with Crippen LogP contribution < -0.4 is 10.2 Å². The number of nitriles is 1. The van der Waals surface area contributed by atoms with Crippen LogP contribution in [0, 0.1) is 11.3 Å². The third-order valence-electron chi connectivity index (χ3n) is 4.26. The largest absolute Gasteiger partial charge is 0.393 e. The molecule has 9 heteroatoms. The molecule has 0 radical (unpaired) electrons. The van der Waals surface area contributed by atoms with Gasteiger partial charge in [0, 0.05) is 18.8 Å². The van der Waals surface area contributed by atoms with Gasteiger partial charge in [-0.05, 0) is 53.6 Å². The van der Waals surface area contributed by atoms with Gasteiger partial charge in [0.1, 0.15) is 6.07 Å². The summed E-state index contributed by atoms with van der Waals surface area (Å²) < 4.78 is 1.33. The zero-order valence-electron chi connectivity index (χ0n) is 13.4. The maximum atomic E-state index is 9.64. The monoisotopic (exact) mass is 336 g/mol. The summed E-state index contributed by atoms with van der Waals surface area (Å²) in [6.07, 6.45) is 1.21. The molecule has 0 spiro atoms. The van der Waals surface area contributed by atoms with Crippen LogP contribution in [0.4, 0.5) is 17.2 Å². The highest BCUT2D eigenvalue weighted by Gasteiger charge is 2.19. The normalized spacial score (nSPS) is 15.3. The number of anilines is 3. The molecule has 0 bridgehead atoms. The van der Waals surface area contributed by atoms with Gasteiger partial charge in [0.25, 0.3) is 0 Å². The average Bonchev–Trinajstić information content (AvgIpc) is 3.10. The van der Waals surface area contributed by atoms with Crippen molar-refractivity contribution in [2.45, 2.75) is 18.9 Å². The Bertz CT molecular complexity index is 939. The van der Waals surface area contributed by atoms with Crippen LogP contribution in [0.2, 0.25) is 0 Å². The maximum absolute atomic E-state index is 9.64. The van der Waals surface area contributed by atoms with Crippen LogP contribution in [0.1, 0.15) is 18.4 Å².